The normalized spacial score (nSPS) is 11.8. The van der Waals surface area contributed by atoms with Gasteiger partial charge in [0.1, 0.15) is 11.8 Å². The summed E-state index contributed by atoms with van der Waals surface area (Å²) in [6.07, 6.45) is 0. The summed E-state index contributed by atoms with van der Waals surface area (Å²) in [6.45, 7) is 6.26. The van der Waals surface area contributed by atoms with Crippen LogP contribution in [0.1, 0.15) is 31.1 Å². The summed E-state index contributed by atoms with van der Waals surface area (Å²) >= 11 is 0. The van der Waals surface area contributed by atoms with Crippen LogP contribution >= 0.6 is 0 Å². The van der Waals surface area contributed by atoms with Crippen molar-refractivity contribution in [3.8, 4) is 5.75 Å². The third-order valence-electron chi connectivity index (χ3n) is 2.58. The summed E-state index contributed by atoms with van der Waals surface area (Å²) in [5, 5.41) is 2.57. The van der Waals surface area contributed by atoms with E-state index in [1.54, 1.807) is 31.2 Å². The highest BCUT2D eigenvalue weighted by atomic mass is 16.5. The third-order valence-corrected chi connectivity index (χ3v) is 2.58. The number of carbonyl (C=O) groups is 2. The molecule has 0 spiro atoms. The van der Waals surface area contributed by atoms with E-state index in [1.165, 1.54) is 7.11 Å². The first kappa shape index (κ1) is 16.0. The van der Waals surface area contributed by atoms with Gasteiger partial charge in [0.05, 0.1) is 13.7 Å². The molecule has 0 fully saturated rings. The van der Waals surface area contributed by atoms with Crippen molar-refractivity contribution >= 4 is 11.9 Å². The van der Waals surface area contributed by atoms with Gasteiger partial charge in [-0.25, -0.2) is 4.79 Å². The molecule has 0 aromatic heterocycles. The Balaban J connectivity index is 2.68. The Hall–Kier alpha value is -2.04. The van der Waals surface area contributed by atoms with Gasteiger partial charge in [0.15, 0.2) is 0 Å². The molecule has 1 rings (SSSR count). The molecule has 0 aliphatic carbocycles. The van der Waals surface area contributed by atoms with Gasteiger partial charge in [0.2, 0.25) is 0 Å². The maximum Gasteiger partial charge on any atom is 0.328 e. The summed E-state index contributed by atoms with van der Waals surface area (Å²) < 4.78 is 10.1. The Bertz CT molecular complexity index is 471. The van der Waals surface area contributed by atoms with E-state index in [-0.39, 0.29) is 5.91 Å². The highest BCUT2D eigenvalue weighted by Gasteiger charge is 2.17. The first-order valence-corrected chi connectivity index (χ1v) is 6.55. The Kier molecular flexibility index (Phi) is 6.03. The standard InChI is InChI=1S/C15H21NO4/c1-10(2)9-20-13-7-5-6-12(8-13)14(17)16-11(3)15(18)19-4/h5-8,10-11H,9H2,1-4H3,(H,16,17). The molecule has 0 saturated heterocycles. The molecule has 0 radical (unpaired) electrons. The Morgan fingerprint density at radius 2 is 1.95 bits per heavy atom. The van der Waals surface area contributed by atoms with Crippen LogP contribution in [0.15, 0.2) is 24.3 Å². The van der Waals surface area contributed by atoms with Crippen molar-refractivity contribution < 1.29 is 19.1 Å². The maximum absolute atomic E-state index is 12.0. The monoisotopic (exact) mass is 279 g/mol. The predicted octanol–water partition coefficient (Wildman–Crippen LogP) is 2.01. The Morgan fingerprint density at radius 3 is 2.55 bits per heavy atom. The number of methoxy groups -OCH3 is 1. The van der Waals surface area contributed by atoms with Crippen molar-refractivity contribution in [2.75, 3.05) is 13.7 Å². The zero-order valence-electron chi connectivity index (χ0n) is 12.3. The molecule has 1 aromatic rings. The molecule has 1 unspecified atom stereocenters. The smallest absolute Gasteiger partial charge is 0.328 e. The van der Waals surface area contributed by atoms with Crippen molar-refractivity contribution in [2.24, 2.45) is 5.92 Å². The zero-order chi connectivity index (χ0) is 15.1. The summed E-state index contributed by atoms with van der Waals surface area (Å²) in [7, 11) is 1.28. The molecule has 5 nitrogen and oxygen atoms in total. The molecule has 1 N–H and O–H groups in total. The van der Waals surface area contributed by atoms with E-state index >= 15 is 0 Å². The van der Waals surface area contributed by atoms with Gasteiger partial charge in [0, 0.05) is 5.56 Å². The van der Waals surface area contributed by atoms with E-state index in [4.69, 9.17) is 4.74 Å². The van der Waals surface area contributed by atoms with Crippen molar-refractivity contribution in [1.82, 2.24) is 5.32 Å². The van der Waals surface area contributed by atoms with Crippen molar-refractivity contribution in [3.63, 3.8) is 0 Å². The first-order valence-electron chi connectivity index (χ1n) is 6.55. The molecule has 20 heavy (non-hydrogen) atoms. The van der Waals surface area contributed by atoms with Crippen molar-refractivity contribution in [1.29, 1.82) is 0 Å². The van der Waals surface area contributed by atoms with Gasteiger partial charge >= 0.3 is 5.97 Å². The van der Waals surface area contributed by atoms with E-state index in [1.807, 2.05) is 0 Å². The largest absolute Gasteiger partial charge is 0.493 e. The minimum absolute atomic E-state index is 0.335. The molecular weight excluding hydrogens is 258 g/mol. The minimum Gasteiger partial charge on any atom is -0.493 e. The van der Waals surface area contributed by atoms with Gasteiger partial charge in [-0.2, -0.15) is 0 Å². The van der Waals surface area contributed by atoms with Crippen LogP contribution in [-0.2, 0) is 9.53 Å². The number of hydrogen-bond donors (Lipinski definition) is 1. The van der Waals surface area contributed by atoms with Crippen LogP contribution in [0.4, 0.5) is 0 Å². The second-order valence-corrected chi connectivity index (χ2v) is 4.95. The maximum atomic E-state index is 12.0. The summed E-state index contributed by atoms with van der Waals surface area (Å²) in [4.78, 5) is 23.3. The van der Waals surface area contributed by atoms with Gasteiger partial charge in [-0.05, 0) is 31.0 Å². The SMILES string of the molecule is COC(=O)C(C)NC(=O)c1cccc(OCC(C)C)c1. The molecule has 1 atom stereocenters. The van der Waals surface area contributed by atoms with Gasteiger partial charge < -0.3 is 14.8 Å². The number of esters is 1. The molecule has 5 heteroatoms. The highest BCUT2D eigenvalue weighted by molar-refractivity contribution is 5.96. The molecular formula is C15H21NO4. The van der Waals surface area contributed by atoms with E-state index in [9.17, 15) is 9.59 Å². The third kappa shape index (κ3) is 4.91. The number of amides is 1. The van der Waals surface area contributed by atoms with Crippen LogP contribution in [0, 0.1) is 5.92 Å². The number of rotatable bonds is 6. The quantitative estimate of drug-likeness (QED) is 0.809. The minimum atomic E-state index is -0.687. The molecule has 110 valence electrons. The Morgan fingerprint density at radius 1 is 1.25 bits per heavy atom. The lowest BCUT2D eigenvalue weighted by atomic mass is 10.2. The van der Waals surface area contributed by atoms with Crippen LogP contribution in [0.5, 0.6) is 5.75 Å². The topological polar surface area (TPSA) is 64.6 Å². The van der Waals surface area contributed by atoms with E-state index in [2.05, 4.69) is 23.9 Å². The second kappa shape index (κ2) is 7.53. The lowest BCUT2D eigenvalue weighted by molar-refractivity contribution is -0.142. The van der Waals surface area contributed by atoms with Gasteiger partial charge in [0.25, 0.3) is 5.91 Å². The number of carbonyl (C=O) groups excluding carboxylic acids is 2. The molecule has 1 aromatic carbocycles. The fourth-order valence-corrected chi connectivity index (χ4v) is 1.51. The molecule has 0 saturated carbocycles. The summed E-state index contributed by atoms with van der Waals surface area (Å²) in [5.41, 5.74) is 0.446. The van der Waals surface area contributed by atoms with Gasteiger partial charge in [-0.1, -0.05) is 19.9 Å². The van der Waals surface area contributed by atoms with Crippen LogP contribution in [0.2, 0.25) is 0 Å². The van der Waals surface area contributed by atoms with Crippen molar-refractivity contribution in [2.45, 2.75) is 26.8 Å². The van der Waals surface area contributed by atoms with Gasteiger partial charge in [-0.15, -0.1) is 0 Å². The predicted molar refractivity (Wildman–Crippen MR) is 75.7 cm³/mol. The molecule has 0 aliphatic rings. The van der Waals surface area contributed by atoms with E-state index in [0.29, 0.717) is 23.8 Å². The number of benzene rings is 1. The zero-order valence-corrected chi connectivity index (χ0v) is 12.3. The second-order valence-electron chi connectivity index (χ2n) is 4.95. The summed E-state index contributed by atoms with van der Waals surface area (Å²) in [6, 6.07) is 6.17. The fraction of sp³-hybridized carbons (Fsp3) is 0.467. The number of nitrogens with one attached hydrogen (secondary N) is 1. The van der Waals surface area contributed by atoms with Crippen LogP contribution in [-0.4, -0.2) is 31.6 Å². The Labute approximate surface area is 119 Å². The molecule has 0 heterocycles. The van der Waals surface area contributed by atoms with Crippen LogP contribution in [0.3, 0.4) is 0 Å². The van der Waals surface area contributed by atoms with E-state index < -0.39 is 12.0 Å². The average Bonchev–Trinajstić information content (AvgIpc) is 2.44. The lowest BCUT2D eigenvalue weighted by Crippen LogP contribution is -2.39. The molecule has 0 aliphatic heterocycles. The van der Waals surface area contributed by atoms with Gasteiger partial charge in [-0.3, -0.25) is 4.79 Å². The highest BCUT2D eigenvalue weighted by Crippen LogP contribution is 2.14. The van der Waals surface area contributed by atoms with E-state index in [0.717, 1.165) is 0 Å². The summed E-state index contributed by atoms with van der Waals surface area (Å²) in [5.74, 6) is 0.229. The molecule has 0 bridgehead atoms. The van der Waals surface area contributed by atoms with Crippen LogP contribution < -0.4 is 10.1 Å². The number of ether oxygens (including phenoxy) is 2. The lowest BCUT2D eigenvalue weighted by Gasteiger charge is -2.13. The first-order chi connectivity index (χ1) is 9.43. The molecule has 1 amide bonds. The van der Waals surface area contributed by atoms with Crippen molar-refractivity contribution in [3.05, 3.63) is 29.8 Å². The van der Waals surface area contributed by atoms with Crippen LogP contribution in [0.25, 0.3) is 0 Å². The number of hydrogen-bond acceptors (Lipinski definition) is 4. The average molecular weight is 279 g/mol. The fourth-order valence-electron chi connectivity index (χ4n) is 1.51.